The van der Waals surface area contributed by atoms with Crippen molar-refractivity contribution < 1.29 is 9.26 Å². The van der Waals surface area contributed by atoms with Gasteiger partial charge in [0, 0.05) is 16.5 Å². The second-order valence-electron chi connectivity index (χ2n) is 4.79. The zero-order chi connectivity index (χ0) is 15.2. The van der Waals surface area contributed by atoms with Crippen LogP contribution in [0.5, 0.6) is 5.75 Å². The molecule has 0 bridgehead atoms. The van der Waals surface area contributed by atoms with Gasteiger partial charge in [0.05, 0.1) is 6.61 Å². The molecule has 0 unspecified atom stereocenters. The van der Waals surface area contributed by atoms with E-state index in [1.54, 1.807) is 0 Å². The van der Waals surface area contributed by atoms with E-state index in [9.17, 15) is 0 Å². The topological polar surface area (TPSA) is 48.2 Å². The Morgan fingerprint density at radius 2 is 1.91 bits per heavy atom. The smallest absolute Gasteiger partial charge is 0.227 e. The number of benzene rings is 2. The van der Waals surface area contributed by atoms with Gasteiger partial charge in [-0.05, 0) is 30.7 Å². The minimum absolute atomic E-state index is 0.611. The minimum atomic E-state index is 0.611. The molecule has 0 amide bonds. The molecule has 0 radical (unpaired) electrons. The van der Waals surface area contributed by atoms with Crippen LogP contribution in [0, 0.1) is 0 Å². The first kappa shape index (κ1) is 14.8. The molecule has 0 N–H and O–H groups in total. The number of rotatable bonds is 6. The largest absolute Gasteiger partial charge is 0.494 e. The van der Waals surface area contributed by atoms with Crippen LogP contribution >= 0.6 is 15.9 Å². The summed E-state index contributed by atoms with van der Waals surface area (Å²) in [6, 6.07) is 17.6. The maximum absolute atomic E-state index is 5.64. The highest BCUT2D eigenvalue weighted by molar-refractivity contribution is 9.10. The van der Waals surface area contributed by atoms with Crippen LogP contribution < -0.4 is 4.74 Å². The van der Waals surface area contributed by atoms with Gasteiger partial charge in [-0.2, -0.15) is 4.98 Å². The van der Waals surface area contributed by atoms with Gasteiger partial charge >= 0.3 is 0 Å². The third kappa shape index (κ3) is 3.95. The van der Waals surface area contributed by atoms with Crippen molar-refractivity contribution in [2.45, 2.75) is 12.8 Å². The van der Waals surface area contributed by atoms with Crippen molar-refractivity contribution in [2.75, 3.05) is 6.61 Å². The molecule has 0 aliphatic heterocycles. The van der Waals surface area contributed by atoms with E-state index in [0.717, 1.165) is 22.2 Å². The lowest BCUT2D eigenvalue weighted by molar-refractivity contribution is 0.298. The molecule has 5 heteroatoms. The molecule has 22 heavy (non-hydrogen) atoms. The Labute approximate surface area is 137 Å². The van der Waals surface area contributed by atoms with E-state index in [2.05, 4.69) is 26.1 Å². The summed E-state index contributed by atoms with van der Waals surface area (Å²) in [6.07, 6.45) is 1.53. The fourth-order valence-corrected chi connectivity index (χ4v) is 2.43. The van der Waals surface area contributed by atoms with Gasteiger partial charge in [0.15, 0.2) is 0 Å². The van der Waals surface area contributed by atoms with Crippen molar-refractivity contribution in [1.82, 2.24) is 10.1 Å². The van der Waals surface area contributed by atoms with E-state index in [1.165, 1.54) is 0 Å². The Morgan fingerprint density at radius 3 is 2.73 bits per heavy atom. The lowest BCUT2D eigenvalue weighted by atomic mass is 10.2. The summed E-state index contributed by atoms with van der Waals surface area (Å²) in [5.41, 5.74) is 0.935. The zero-order valence-electron chi connectivity index (χ0n) is 11.9. The van der Waals surface area contributed by atoms with Gasteiger partial charge in [0.1, 0.15) is 5.75 Å². The summed E-state index contributed by atoms with van der Waals surface area (Å²) in [5, 5.41) is 4.02. The molecule has 2 aromatic carbocycles. The Hall–Kier alpha value is -2.14. The highest BCUT2D eigenvalue weighted by Crippen LogP contribution is 2.20. The fourth-order valence-electron chi connectivity index (χ4n) is 2.03. The summed E-state index contributed by atoms with van der Waals surface area (Å²) in [4.78, 5) is 4.41. The molecular formula is C17H15BrN2O2. The number of hydrogen-bond donors (Lipinski definition) is 0. The van der Waals surface area contributed by atoms with Gasteiger partial charge in [0.25, 0.3) is 0 Å². The number of ether oxygens (including phenoxy) is 1. The Kier molecular flexibility index (Phi) is 4.85. The van der Waals surface area contributed by atoms with Crippen LogP contribution in [0.1, 0.15) is 12.3 Å². The summed E-state index contributed by atoms with van der Waals surface area (Å²) in [7, 11) is 0. The van der Waals surface area contributed by atoms with Gasteiger partial charge in [0.2, 0.25) is 11.7 Å². The highest BCUT2D eigenvalue weighted by atomic mass is 79.9. The summed E-state index contributed by atoms with van der Waals surface area (Å²) < 4.78 is 11.9. The number of nitrogens with zero attached hydrogens (tertiary/aromatic N) is 2. The van der Waals surface area contributed by atoms with Crippen LogP contribution in [0.25, 0.3) is 11.4 Å². The van der Waals surface area contributed by atoms with Gasteiger partial charge in [-0.3, -0.25) is 0 Å². The number of hydrogen-bond acceptors (Lipinski definition) is 4. The SMILES string of the molecule is Brc1cccc(-c2noc(CCCOc3ccccc3)n2)c1. The van der Waals surface area contributed by atoms with E-state index in [0.29, 0.717) is 24.7 Å². The summed E-state index contributed by atoms with van der Waals surface area (Å²) in [5.74, 6) is 2.12. The van der Waals surface area contributed by atoms with E-state index in [1.807, 2.05) is 54.6 Å². The monoisotopic (exact) mass is 358 g/mol. The number of aromatic nitrogens is 2. The van der Waals surface area contributed by atoms with Crippen molar-refractivity contribution in [3.05, 3.63) is 65.0 Å². The van der Waals surface area contributed by atoms with E-state index in [-0.39, 0.29) is 0 Å². The van der Waals surface area contributed by atoms with Crippen molar-refractivity contribution in [3.8, 4) is 17.1 Å². The fraction of sp³-hybridized carbons (Fsp3) is 0.176. The van der Waals surface area contributed by atoms with Gasteiger partial charge in [-0.15, -0.1) is 0 Å². The molecule has 0 saturated heterocycles. The average Bonchev–Trinajstić information content (AvgIpc) is 3.02. The molecule has 1 heterocycles. The highest BCUT2D eigenvalue weighted by Gasteiger charge is 2.08. The predicted molar refractivity (Wildman–Crippen MR) is 87.7 cm³/mol. The molecule has 1 aromatic heterocycles. The van der Waals surface area contributed by atoms with Crippen LogP contribution in [0.4, 0.5) is 0 Å². The van der Waals surface area contributed by atoms with Crippen molar-refractivity contribution in [2.24, 2.45) is 0 Å². The van der Waals surface area contributed by atoms with Crippen LogP contribution in [0.15, 0.2) is 63.6 Å². The molecule has 0 aliphatic carbocycles. The molecule has 112 valence electrons. The molecule has 3 rings (SSSR count). The van der Waals surface area contributed by atoms with E-state index >= 15 is 0 Å². The molecule has 0 atom stereocenters. The maximum Gasteiger partial charge on any atom is 0.227 e. The second kappa shape index (κ2) is 7.22. The third-order valence-electron chi connectivity index (χ3n) is 3.10. The number of halogens is 1. The lowest BCUT2D eigenvalue weighted by Gasteiger charge is -2.03. The first-order chi connectivity index (χ1) is 10.8. The van der Waals surface area contributed by atoms with Crippen molar-refractivity contribution in [1.29, 1.82) is 0 Å². The van der Waals surface area contributed by atoms with Crippen molar-refractivity contribution in [3.63, 3.8) is 0 Å². The predicted octanol–water partition coefficient (Wildman–Crippen LogP) is 4.51. The summed E-state index contributed by atoms with van der Waals surface area (Å²) in [6.45, 7) is 0.624. The van der Waals surface area contributed by atoms with Crippen LogP contribution in [-0.2, 0) is 6.42 Å². The number of aryl methyl sites for hydroxylation is 1. The molecule has 0 fully saturated rings. The van der Waals surface area contributed by atoms with Crippen molar-refractivity contribution >= 4 is 15.9 Å². The van der Waals surface area contributed by atoms with Gasteiger partial charge < -0.3 is 9.26 Å². The standard InChI is InChI=1S/C17H15BrN2O2/c18-14-7-4-6-13(12-14)17-19-16(22-20-17)10-5-11-21-15-8-2-1-3-9-15/h1-4,6-9,12H,5,10-11H2. The van der Waals surface area contributed by atoms with Crippen LogP contribution in [-0.4, -0.2) is 16.7 Å². The molecule has 0 spiro atoms. The quantitative estimate of drug-likeness (QED) is 0.608. The van der Waals surface area contributed by atoms with Crippen LogP contribution in [0.3, 0.4) is 0 Å². The van der Waals surface area contributed by atoms with Gasteiger partial charge in [-0.1, -0.05) is 51.4 Å². The molecule has 0 saturated carbocycles. The Balaban J connectivity index is 1.52. The third-order valence-corrected chi connectivity index (χ3v) is 3.59. The molecule has 3 aromatic rings. The number of para-hydroxylation sites is 1. The maximum atomic E-state index is 5.64. The molecule has 4 nitrogen and oxygen atoms in total. The molecule has 0 aliphatic rings. The lowest BCUT2D eigenvalue weighted by Crippen LogP contribution is -1.99. The first-order valence-corrected chi connectivity index (χ1v) is 7.87. The Bertz CT molecular complexity index is 728. The normalized spacial score (nSPS) is 10.6. The zero-order valence-corrected chi connectivity index (χ0v) is 13.5. The minimum Gasteiger partial charge on any atom is -0.494 e. The molecular weight excluding hydrogens is 344 g/mol. The van der Waals surface area contributed by atoms with E-state index in [4.69, 9.17) is 9.26 Å². The Morgan fingerprint density at radius 1 is 1.05 bits per heavy atom. The van der Waals surface area contributed by atoms with E-state index < -0.39 is 0 Å². The first-order valence-electron chi connectivity index (χ1n) is 7.07. The van der Waals surface area contributed by atoms with Crippen LogP contribution in [0.2, 0.25) is 0 Å². The average molecular weight is 359 g/mol. The second-order valence-corrected chi connectivity index (χ2v) is 5.70. The summed E-state index contributed by atoms with van der Waals surface area (Å²) >= 11 is 3.44. The van der Waals surface area contributed by atoms with Gasteiger partial charge in [-0.25, -0.2) is 0 Å².